The SMILES string of the molecule is CC1CCCCC1c1ccc(C(=O)Nc2nc3ccc([N+](=O)[O-])cc3[nH]2)cc1. The summed E-state index contributed by atoms with van der Waals surface area (Å²) in [5.41, 5.74) is 2.88. The number of anilines is 1. The van der Waals surface area contributed by atoms with Crippen LogP contribution in [0, 0.1) is 16.0 Å². The van der Waals surface area contributed by atoms with Gasteiger partial charge in [-0.25, -0.2) is 4.98 Å². The van der Waals surface area contributed by atoms with Crippen molar-refractivity contribution in [3.8, 4) is 0 Å². The van der Waals surface area contributed by atoms with Crippen LogP contribution in [0.5, 0.6) is 0 Å². The number of nitro groups is 1. The molecule has 2 atom stereocenters. The number of fused-ring (bicyclic) bond motifs is 1. The Kier molecular flexibility index (Phi) is 4.81. The van der Waals surface area contributed by atoms with Crippen LogP contribution in [0.3, 0.4) is 0 Å². The largest absolute Gasteiger partial charge is 0.324 e. The van der Waals surface area contributed by atoms with E-state index >= 15 is 0 Å². The van der Waals surface area contributed by atoms with E-state index < -0.39 is 4.92 Å². The van der Waals surface area contributed by atoms with Gasteiger partial charge in [-0.3, -0.25) is 20.2 Å². The van der Waals surface area contributed by atoms with Crippen molar-refractivity contribution in [1.29, 1.82) is 0 Å². The Hall–Kier alpha value is -3.22. The van der Waals surface area contributed by atoms with Crippen molar-refractivity contribution < 1.29 is 9.72 Å². The van der Waals surface area contributed by atoms with E-state index in [1.165, 1.54) is 43.4 Å². The molecule has 1 fully saturated rings. The van der Waals surface area contributed by atoms with Crippen LogP contribution < -0.4 is 5.32 Å². The van der Waals surface area contributed by atoms with E-state index in [4.69, 9.17) is 0 Å². The third kappa shape index (κ3) is 3.60. The Bertz CT molecular complexity index is 1030. The highest BCUT2D eigenvalue weighted by molar-refractivity contribution is 6.04. The molecule has 1 amide bonds. The average molecular weight is 378 g/mol. The summed E-state index contributed by atoms with van der Waals surface area (Å²) in [6.45, 7) is 2.30. The fourth-order valence-corrected chi connectivity index (χ4v) is 4.04. The summed E-state index contributed by atoms with van der Waals surface area (Å²) in [5.74, 6) is 1.24. The molecular formula is C21H22N4O3. The number of amides is 1. The van der Waals surface area contributed by atoms with Crippen LogP contribution in [0.4, 0.5) is 11.6 Å². The zero-order valence-electron chi connectivity index (χ0n) is 15.6. The van der Waals surface area contributed by atoms with Gasteiger partial charge >= 0.3 is 0 Å². The first-order valence-corrected chi connectivity index (χ1v) is 9.57. The number of nitrogens with zero attached hydrogens (tertiary/aromatic N) is 2. The normalized spacial score (nSPS) is 19.5. The highest BCUT2D eigenvalue weighted by Gasteiger charge is 2.23. The van der Waals surface area contributed by atoms with Gasteiger partial charge in [0, 0.05) is 17.7 Å². The molecule has 0 saturated heterocycles. The number of benzene rings is 2. The first kappa shape index (κ1) is 18.2. The van der Waals surface area contributed by atoms with Crippen LogP contribution in [-0.2, 0) is 0 Å². The third-order valence-corrected chi connectivity index (χ3v) is 5.62. The molecule has 1 heterocycles. The number of non-ortho nitro benzene ring substituents is 1. The number of nitro benzene ring substituents is 1. The Morgan fingerprint density at radius 2 is 1.93 bits per heavy atom. The first-order valence-electron chi connectivity index (χ1n) is 9.57. The molecule has 2 aromatic carbocycles. The number of hydrogen-bond acceptors (Lipinski definition) is 4. The summed E-state index contributed by atoms with van der Waals surface area (Å²) < 4.78 is 0. The second kappa shape index (κ2) is 7.42. The van der Waals surface area contributed by atoms with Crippen molar-refractivity contribution in [2.75, 3.05) is 5.32 Å². The summed E-state index contributed by atoms with van der Waals surface area (Å²) in [4.78, 5) is 30.1. The monoisotopic (exact) mass is 378 g/mol. The molecule has 0 aliphatic heterocycles. The number of nitrogens with one attached hydrogen (secondary N) is 2. The van der Waals surface area contributed by atoms with Crippen LogP contribution in [0.25, 0.3) is 11.0 Å². The number of aromatic amines is 1. The van der Waals surface area contributed by atoms with Crippen molar-refractivity contribution in [3.05, 3.63) is 63.7 Å². The second-order valence-electron chi connectivity index (χ2n) is 7.49. The van der Waals surface area contributed by atoms with Crippen molar-refractivity contribution in [2.24, 2.45) is 5.92 Å². The lowest BCUT2D eigenvalue weighted by molar-refractivity contribution is -0.384. The minimum absolute atomic E-state index is 0.0263. The van der Waals surface area contributed by atoms with E-state index in [0.717, 1.165) is 0 Å². The van der Waals surface area contributed by atoms with E-state index in [1.54, 1.807) is 6.07 Å². The number of hydrogen-bond donors (Lipinski definition) is 2. The first-order chi connectivity index (χ1) is 13.5. The van der Waals surface area contributed by atoms with E-state index in [0.29, 0.717) is 28.4 Å². The van der Waals surface area contributed by atoms with Crippen molar-refractivity contribution in [2.45, 2.75) is 38.5 Å². The van der Waals surface area contributed by atoms with Crippen molar-refractivity contribution in [1.82, 2.24) is 9.97 Å². The van der Waals surface area contributed by atoms with Gasteiger partial charge in [-0.1, -0.05) is 38.3 Å². The topological polar surface area (TPSA) is 101 Å². The quantitative estimate of drug-likeness (QED) is 0.492. The van der Waals surface area contributed by atoms with Gasteiger partial charge in [0.15, 0.2) is 0 Å². The van der Waals surface area contributed by atoms with Crippen LogP contribution in [0.2, 0.25) is 0 Å². The molecule has 0 bridgehead atoms. The molecule has 144 valence electrons. The Labute approximate surface area is 162 Å². The van der Waals surface area contributed by atoms with Gasteiger partial charge in [-0.15, -0.1) is 0 Å². The molecule has 1 aromatic heterocycles. The highest BCUT2D eigenvalue weighted by atomic mass is 16.6. The molecule has 1 aliphatic carbocycles. The Morgan fingerprint density at radius 1 is 1.18 bits per heavy atom. The van der Waals surface area contributed by atoms with Gasteiger partial charge in [0.05, 0.1) is 16.0 Å². The number of aromatic nitrogens is 2. The number of H-pyrrole nitrogens is 1. The molecule has 7 heteroatoms. The summed E-state index contributed by atoms with van der Waals surface area (Å²) in [6, 6.07) is 12.1. The molecule has 2 unspecified atom stereocenters. The minimum Gasteiger partial charge on any atom is -0.324 e. The zero-order chi connectivity index (χ0) is 19.7. The standard InChI is InChI=1S/C21H22N4O3/c1-13-4-2-3-5-17(13)14-6-8-15(9-7-14)20(26)24-21-22-18-11-10-16(25(27)28)12-19(18)23-21/h6-13,17H,2-5H2,1H3,(H2,22,23,24,26). The molecule has 2 N–H and O–H groups in total. The molecule has 0 spiro atoms. The maximum absolute atomic E-state index is 12.5. The molecular weight excluding hydrogens is 356 g/mol. The molecule has 4 rings (SSSR count). The van der Waals surface area contributed by atoms with E-state index in [1.807, 2.05) is 24.3 Å². The molecule has 28 heavy (non-hydrogen) atoms. The molecule has 3 aromatic rings. The zero-order valence-corrected chi connectivity index (χ0v) is 15.6. The molecule has 1 aliphatic rings. The smallest absolute Gasteiger partial charge is 0.271 e. The number of imidazole rings is 1. The second-order valence-corrected chi connectivity index (χ2v) is 7.49. The summed E-state index contributed by atoms with van der Waals surface area (Å²) in [7, 11) is 0. The highest BCUT2D eigenvalue weighted by Crippen LogP contribution is 2.37. The van der Waals surface area contributed by atoms with E-state index in [2.05, 4.69) is 22.2 Å². The number of carbonyl (C=O) groups is 1. The van der Waals surface area contributed by atoms with Crippen LogP contribution >= 0.6 is 0 Å². The fourth-order valence-electron chi connectivity index (χ4n) is 4.04. The average Bonchev–Trinajstić information content (AvgIpc) is 3.09. The van der Waals surface area contributed by atoms with Crippen molar-refractivity contribution >= 4 is 28.6 Å². The van der Waals surface area contributed by atoms with Crippen LogP contribution in [0.1, 0.15) is 54.4 Å². The lowest BCUT2D eigenvalue weighted by atomic mass is 9.76. The lowest BCUT2D eigenvalue weighted by Crippen LogP contribution is -2.16. The van der Waals surface area contributed by atoms with E-state index in [-0.39, 0.29) is 17.5 Å². The van der Waals surface area contributed by atoms with Crippen LogP contribution in [0.15, 0.2) is 42.5 Å². The predicted octanol–water partition coefficient (Wildman–Crippen LogP) is 5.02. The van der Waals surface area contributed by atoms with Gasteiger partial charge < -0.3 is 4.98 Å². The maximum atomic E-state index is 12.5. The van der Waals surface area contributed by atoms with Gasteiger partial charge in [-0.05, 0) is 42.0 Å². The number of carbonyl (C=O) groups excluding carboxylic acids is 1. The Balaban J connectivity index is 1.49. The Morgan fingerprint density at radius 3 is 2.64 bits per heavy atom. The van der Waals surface area contributed by atoms with Gasteiger partial charge in [0.25, 0.3) is 11.6 Å². The summed E-state index contributed by atoms with van der Waals surface area (Å²) >= 11 is 0. The van der Waals surface area contributed by atoms with Gasteiger partial charge in [0.1, 0.15) is 0 Å². The maximum Gasteiger partial charge on any atom is 0.271 e. The summed E-state index contributed by atoms with van der Waals surface area (Å²) in [6.07, 6.45) is 5.04. The number of rotatable bonds is 4. The molecule has 0 radical (unpaired) electrons. The lowest BCUT2D eigenvalue weighted by Gasteiger charge is -2.29. The van der Waals surface area contributed by atoms with Crippen molar-refractivity contribution in [3.63, 3.8) is 0 Å². The minimum atomic E-state index is -0.465. The van der Waals surface area contributed by atoms with Crippen LogP contribution in [-0.4, -0.2) is 20.8 Å². The van der Waals surface area contributed by atoms with Gasteiger partial charge in [-0.2, -0.15) is 0 Å². The fraction of sp³-hybridized carbons (Fsp3) is 0.333. The third-order valence-electron chi connectivity index (χ3n) is 5.62. The van der Waals surface area contributed by atoms with E-state index in [9.17, 15) is 14.9 Å². The summed E-state index contributed by atoms with van der Waals surface area (Å²) in [5, 5.41) is 13.6. The molecule has 1 saturated carbocycles. The molecule has 7 nitrogen and oxygen atoms in total. The van der Waals surface area contributed by atoms with Gasteiger partial charge in [0.2, 0.25) is 5.95 Å². The predicted molar refractivity (Wildman–Crippen MR) is 108 cm³/mol.